The lowest BCUT2D eigenvalue weighted by atomic mass is 10.2. The summed E-state index contributed by atoms with van der Waals surface area (Å²) >= 11 is 12.5. The van der Waals surface area contributed by atoms with E-state index in [0.29, 0.717) is 21.3 Å². The fourth-order valence-corrected chi connectivity index (χ4v) is 3.17. The summed E-state index contributed by atoms with van der Waals surface area (Å²) in [5.41, 5.74) is 2.10. The summed E-state index contributed by atoms with van der Waals surface area (Å²) < 4.78 is 0. The number of amides is 1. The first-order valence-electron chi connectivity index (χ1n) is 7.25. The number of hydrogen-bond acceptors (Lipinski definition) is 2. The van der Waals surface area contributed by atoms with Crippen LogP contribution in [0.4, 0.5) is 11.4 Å². The molecule has 1 amide bonds. The van der Waals surface area contributed by atoms with Crippen molar-refractivity contribution in [2.45, 2.75) is 12.8 Å². The Kier molecular flexibility index (Phi) is 4.55. The van der Waals surface area contributed by atoms with Gasteiger partial charge in [0.15, 0.2) is 0 Å². The first-order chi connectivity index (χ1) is 10.6. The van der Waals surface area contributed by atoms with Crippen LogP contribution in [-0.4, -0.2) is 19.0 Å². The van der Waals surface area contributed by atoms with Crippen molar-refractivity contribution in [2.75, 3.05) is 23.3 Å². The molecule has 0 saturated carbocycles. The number of halogens is 2. The summed E-state index contributed by atoms with van der Waals surface area (Å²) in [6, 6.07) is 12.6. The average molecular weight is 335 g/mol. The number of hydrogen-bond donors (Lipinski definition) is 1. The molecule has 2 aromatic rings. The quantitative estimate of drug-likeness (QED) is 0.870. The smallest absolute Gasteiger partial charge is 0.255 e. The Bertz CT molecular complexity index is 683. The minimum atomic E-state index is -0.183. The highest BCUT2D eigenvalue weighted by atomic mass is 35.5. The predicted molar refractivity (Wildman–Crippen MR) is 92.3 cm³/mol. The molecule has 1 heterocycles. The van der Waals surface area contributed by atoms with Gasteiger partial charge in [-0.1, -0.05) is 41.4 Å². The molecule has 1 fully saturated rings. The Morgan fingerprint density at radius 1 is 1.00 bits per heavy atom. The zero-order chi connectivity index (χ0) is 15.5. The zero-order valence-electron chi connectivity index (χ0n) is 12.0. The van der Waals surface area contributed by atoms with Gasteiger partial charge < -0.3 is 10.2 Å². The van der Waals surface area contributed by atoms with Crippen LogP contribution in [0.3, 0.4) is 0 Å². The van der Waals surface area contributed by atoms with E-state index in [4.69, 9.17) is 23.2 Å². The van der Waals surface area contributed by atoms with E-state index in [1.165, 1.54) is 0 Å². The molecule has 0 unspecified atom stereocenters. The van der Waals surface area contributed by atoms with E-state index in [9.17, 15) is 4.79 Å². The molecule has 2 aromatic carbocycles. The molecular formula is C17H16Cl2N2O. The highest BCUT2D eigenvalue weighted by Crippen LogP contribution is 2.36. The molecule has 0 radical (unpaired) electrons. The van der Waals surface area contributed by atoms with Gasteiger partial charge in [-0.25, -0.2) is 0 Å². The third kappa shape index (κ3) is 3.21. The molecule has 1 aliphatic heterocycles. The molecule has 0 aromatic heterocycles. The van der Waals surface area contributed by atoms with Crippen molar-refractivity contribution >= 4 is 40.5 Å². The maximum atomic E-state index is 12.3. The van der Waals surface area contributed by atoms with E-state index in [-0.39, 0.29) is 5.91 Å². The van der Waals surface area contributed by atoms with Crippen LogP contribution in [-0.2, 0) is 0 Å². The van der Waals surface area contributed by atoms with E-state index >= 15 is 0 Å². The third-order valence-corrected chi connectivity index (χ3v) is 4.38. The van der Waals surface area contributed by atoms with E-state index in [1.807, 2.05) is 24.3 Å². The number of nitrogens with one attached hydrogen (secondary N) is 1. The van der Waals surface area contributed by atoms with E-state index in [1.54, 1.807) is 18.2 Å². The normalized spacial score (nSPS) is 14.2. The van der Waals surface area contributed by atoms with Gasteiger partial charge in [0.05, 0.1) is 21.4 Å². The van der Waals surface area contributed by atoms with Crippen LogP contribution in [0.15, 0.2) is 42.5 Å². The summed E-state index contributed by atoms with van der Waals surface area (Å²) in [6.45, 7) is 1.96. The molecule has 5 heteroatoms. The van der Waals surface area contributed by atoms with Crippen molar-refractivity contribution in [3.63, 3.8) is 0 Å². The van der Waals surface area contributed by atoms with E-state index in [2.05, 4.69) is 10.2 Å². The van der Waals surface area contributed by atoms with Gasteiger partial charge in [0.1, 0.15) is 0 Å². The molecule has 1 saturated heterocycles. The lowest BCUT2D eigenvalue weighted by Gasteiger charge is -2.21. The zero-order valence-corrected chi connectivity index (χ0v) is 13.5. The Hall–Kier alpha value is -1.71. The Balaban J connectivity index is 1.87. The topological polar surface area (TPSA) is 32.3 Å². The van der Waals surface area contributed by atoms with Crippen molar-refractivity contribution in [3.05, 3.63) is 58.1 Å². The minimum Gasteiger partial charge on any atom is -0.370 e. The molecular weight excluding hydrogens is 319 g/mol. The van der Waals surface area contributed by atoms with Crippen LogP contribution >= 0.6 is 23.2 Å². The average Bonchev–Trinajstić information content (AvgIpc) is 3.05. The van der Waals surface area contributed by atoms with Crippen molar-refractivity contribution in [1.29, 1.82) is 0 Å². The van der Waals surface area contributed by atoms with Gasteiger partial charge >= 0.3 is 0 Å². The molecule has 22 heavy (non-hydrogen) atoms. The van der Waals surface area contributed by atoms with E-state index < -0.39 is 0 Å². The first-order valence-corrected chi connectivity index (χ1v) is 8.01. The molecule has 3 rings (SSSR count). The first kappa shape index (κ1) is 15.2. The Labute approximate surface area is 139 Å². The molecule has 0 spiro atoms. The van der Waals surface area contributed by atoms with Crippen LogP contribution in [0, 0.1) is 0 Å². The maximum absolute atomic E-state index is 12.3. The monoisotopic (exact) mass is 334 g/mol. The Morgan fingerprint density at radius 2 is 1.68 bits per heavy atom. The molecule has 1 N–H and O–H groups in total. The number of benzene rings is 2. The van der Waals surface area contributed by atoms with Crippen molar-refractivity contribution < 1.29 is 4.79 Å². The summed E-state index contributed by atoms with van der Waals surface area (Å²) in [6.07, 6.45) is 2.31. The lowest BCUT2D eigenvalue weighted by molar-refractivity contribution is 0.102. The van der Waals surface area contributed by atoms with Gasteiger partial charge in [-0.2, -0.15) is 0 Å². The van der Waals surface area contributed by atoms with Crippen LogP contribution in [0.2, 0.25) is 10.0 Å². The number of anilines is 2. The van der Waals surface area contributed by atoms with Gasteiger partial charge in [-0.15, -0.1) is 0 Å². The molecule has 0 atom stereocenters. The fourth-order valence-electron chi connectivity index (χ4n) is 2.62. The van der Waals surface area contributed by atoms with Gasteiger partial charge in [0, 0.05) is 18.7 Å². The largest absolute Gasteiger partial charge is 0.370 e. The third-order valence-electron chi connectivity index (χ3n) is 3.77. The number of rotatable bonds is 3. The molecule has 3 nitrogen and oxygen atoms in total. The van der Waals surface area contributed by atoms with E-state index in [0.717, 1.165) is 31.6 Å². The van der Waals surface area contributed by atoms with Crippen LogP contribution in [0.5, 0.6) is 0 Å². The second kappa shape index (κ2) is 6.59. The SMILES string of the molecule is O=C(Nc1cc(N2CCCC2)c(Cl)cc1Cl)c1ccccc1. The summed E-state index contributed by atoms with van der Waals surface area (Å²) in [5.74, 6) is -0.183. The lowest BCUT2D eigenvalue weighted by Crippen LogP contribution is -2.19. The summed E-state index contributed by atoms with van der Waals surface area (Å²) in [4.78, 5) is 14.5. The minimum absolute atomic E-state index is 0.183. The van der Waals surface area contributed by atoms with Crippen LogP contribution < -0.4 is 10.2 Å². The van der Waals surface area contributed by atoms with Gasteiger partial charge in [0.2, 0.25) is 0 Å². The highest BCUT2D eigenvalue weighted by Gasteiger charge is 2.18. The molecule has 0 bridgehead atoms. The fraction of sp³-hybridized carbons (Fsp3) is 0.235. The standard InChI is InChI=1S/C17H16Cl2N2O/c18-13-10-14(19)16(21-8-4-5-9-21)11-15(13)20-17(22)12-6-2-1-3-7-12/h1-3,6-7,10-11H,4-5,8-9H2,(H,20,22). The molecule has 1 aliphatic rings. The van der Waals surface area contributed by atoms with Gasteiger partial charge in [-0.3, -0.25) is 4.79 Å². The second-order valence-electron chi connectivity index (χ2n) is 5.30. The number of carbonyl (C=O) groups excluding carboxylic acids is 1. The second-order valence-corrected chi connectivity index (χ2v) is 6.11. The summed E-state index contributed by atoms with van der Waals surface area (Å²) in [5, 5.41) is 3.92. The van der Waals surface area contributed by atoms with Gasteiger partial charge in [0.25, 0.3) is 5.91 Å². The maximum Gasteiger partial charge on any atom is 0.255 e. The van der Waals surface area contributed by atoms with Crippen molar-refractivity contribution in [2.24, 2.45) is 0 Å². The van der Waals surface area contributed by atoms with Crippen LogP contribution in [0.1, 0.15) is 23.2 Å². The number of carbonyl (C=O) groups is 1. The molecule has 114 valence electrons. The molecule has 0 aliphatic carbocycles. The summed E-state index contributed by atoms with van der Waals surface area (Å²) in [7, 11) is 0. The highest BCUT2D eigenvalue weighted by molar-refractivity contribution is 6.38. The van der Waals surface area contributed by atoms with Gasteiger partial charge in [-0.05, 0) is 37.1 Å². The predicted octanol–water partition coefficient (Wildman–Crippen LogP) is 4.85. The van der Waals surface area contributed by atoms with Crippen molar-refractivity contribution in [1.82, 2.24) is 0 Å². The number of nitrogens with zero attached hydrogens (tertiary/aromatic N) is 1. The Morgan fingerprint density at radius 3 is 2.36 bits per heavy atom. The van der Waals surface area contributed by atoms with Crippen molar-refractivity contribution in [3.8, 4) is 0 Å². The van der Waals surface area contributed by atoms with Crippen LogP contribution in [0.25, 0.3) is 0 Å².